The molecule has 7 heteroatoms. The van der Waals surface area contributed by atoms with Gasteiger partial charge < -0.3 is 10.6 Å². The molecule has 0 unspecified atom stereocenters. The van der Waals surface area contributed by atoms with Gasteiger partial charge in [0.2, 0.25) is 0 Å². The van der Waals surface area contributed by atoms with Gasteiger partial charge in [0.15, 0.2) is 0 Å². The quantitative estimate of drug-likeness (QED) is 0.436. The summed E-state index contributed by atoms with van der Waals surface area (Å²) < 4.78 is 15.0. The first-order valence-electron chi connectivity index (χ1n) is 11.0. The minimum Gasteiger partial charge on any atom is -0.344 e. The van der Waals surface area contributed by atoms with Gasteiger partial charge in [0, 0.05) is 12.6 Å². The van der Waals surface area contributed by atoms with Crippen molar-refractivity contribution in [1.29, 1.82) is 0 Å². The van der Waals surface area contributed by atoms with Crippen LogP contribution in [-0.4, -0.2) is 22.7 Å². The summed E-state index contributed by atoms with van der Waals surface area (Å²) in [7, 11) is 1.92. The van der Waals surface area contributed by atoms with Crippen molar-refractivity contribution in [3.63, 3.8) is 0 Å². The van der Waals surface area contributed by atoms with Crippen molar-refractivity contribution in [3.8, 4) is 16.8 Å². The zero-order chi connectivity index (χ0) is 24.1. The molecule has 0 aliphatic rings. The van der Waals surface area contributed by atoms with Crippen molar-refractivity contribution >= 4 is 5.91 Å². The Kier molecular flexibility index (Phi) is 6.94. The lowest BCUT2D eigenvalue weighted by molar-refractivity contribution is 0.0933. The van der Waals surface area contributed by atoms with E-state index in [1.807, 2.05) is 50.4 Å². The summed E-state index contributed by atoms with van der Waals surface area (Å²) >= 11 is 0. The van der Waals surface area contributed by atoms with Gasteiger partial charge in [-0.1, -0.05) is 60.7 Å². The Hall–Kier alpha value is -4.10. The first-order chi connectivity index (χ1) is 16.5. The normalized spacial score (nSPS) is 11.7. The highest BCUT2D eigenvalue weighted by Crippen LogP contribution is 2.25. The van der Waals surface area contributed by atoms with Crippen LogP contribution < -0.4 is 16.2 Å². The number of nitrogens with one attached hydrogen (secondary N) is 2. The second-order valence-corrected chi connectivity index (χ2v) is 7.92. The number of para-hydroxylation sites is 1. The summed E-state index contributed by atoms with van der Waals surface area (Å²) in [6.07, 6.45) is 0. The van der Waals surface area contributed by atoms with Crippen molar-refractivity contribution in [3.05, 3.63) is 118 Å². The van der Waals surface area contributed by atoms with Gasteiger partial charge in [-0.2, -0.15) is 9.78 Å². The fourth-order valence-corrected chi connectivity index (χ4v) is 3.78. The van der Waals surface area contributed by atoms with Gasteiger partial charge in [0.05, 0.1) is 6.04 Å². The summed E-state index contributed by atoms with van der Waals surface area (Å²) in [5, 5.41) is 10.2. The van der Waals surface area contributed by atoms with E-state index in [1.165, 1.54) is 35.9 Å². The zero-order valence-electron chi connectivity index (χ0n) is 19.0. The number of hydrogen-bond donors (Lipinski definition) is 2. The summed E-state index contributed by atoms with van der Waals surface area (Å²) in [6.45, 7) is 2.64. The third-order valence-corrected chi connectivity index (χ3v) is 5.57. The number of nitrogens with zero attached hydrogens (tertiary/aromatic N) is 2. The standard InChI is InChI=1S/C27H25FN4O2/c1-18(19-11-13-20(14-12-19)22-8-4-3-7-21(22)17-29-2)30-27(34)24-15-16-26(33)32(31-24)25-10-6-5-9-23(25)28/h3-16,18,29H,17H2,1-2H3,(H,30,34)/t18-/m1/s1. The van der Waals surface area contributed by atoms with Crippen molar-refractivity contribution in [2.75, 3.05) is 7.05 Å². The number of aromatic nitrogens is 2. The number of carbonyl (C=O) groups is 1. The van der Waals surface area contributed by atoms with Gasteiger partial charge in [-0.25, -0.2) is 4.39 Å². The average Bonchev–Trinajstić information content (AvgIpc) is 2.85. The van der Waals surface area contributed by atoms with E-state index in [1.54, 1.807) is 6.07 Å². The highest BCUT2D eigenvalue weighted by atomic mass is 19.1. The molecule has 0 aliphatic heterocycles. The van der Waals surface area contributed by atoms with Gasteiger partial charge in [-0.3, -0.25) is 9.59 Å². The number of halogens is 1. The monoisotopic (exact) mass is 456 g/mol. The van der Waals surface area contributed by atoms with E-state index in [4.69, 9.17) is 0 Å². The Balaban J connectivity index is 1.52. The molecule has 2 N–H and O–H groups in total. The van der Waals surface area contributed by atoms with Gasteiger partial charge in [0.1, 0.15) is 17.2 Å². The highest BCUT2D eigenvalue weighted by molar-refractivity contribution is 5.92. The summed E-state index contributed by atoms with van der Waals surface area (Å²) in [4.78, 5) is 25.0. The topological polar surface area (TPSA) is 76.0 Å². The van der Waals surface area contributed by atoms with Crippen LogP contribution in [0.25, 0.3) is 16.8 Å². The van der Waals surface area contributed by atoms with Crippen LogP contribution >= 0.6 is 0 Å². The van der Waals surface area contributed by atoms with Crippen molar-refractivity contribution in [2.45, 2.75) is 19.5 Å². The number of rotatable bonds is 7. The molecule has 0 saturated carbocycles. The maximum Gasteiger partial charge on any atom is 0.272 e. The lowest BCUT2D eigenvalue weighted by atomic mass is 9.97. The molecule has 0 spiro atoms. The molecule has 1 aromatic heterocycles. The Morgan fingerprint density at radius 2 is 1.68 bits per heavy atom. The smallest absolute Gasteiger partial charge is 0.272 e. The molecule has 0 bridgehead atoms. The minimum atomic E-state index is -0.598. The molecule has 6 nitrogen and oxygen atoms in total. The minimum absolute atomic E-state index is 0.00987. The molecule has 0 fully saturated rings. The fraction of sp³-hybridized carbons (Fsp3) is 0.148. The van der Waals surface area contributed by atoms with Gasteiger partial charge >= 0.3 is 0 Å². The maximum absolute atomic E-state index is 14.1. The Morgan fingerprint density at radius 3 is 2.41 bits per heavy atom. The first kappa shape index (κ1) is 23.1. The van der Waals surface area contributed by atoms with Crippen LogP contribution in [0, 0.1) is 5.82 Å². The van der Waals surface area contributed by atoms with E-state index in [2.05, 4.69) is 27.9 Å². The van der Waals surface area contributed by atoms with E-state index in [0.717, 1.165) is 27.9 Å². The first-order valence-corrected chi connectivity index (χ1v) is 11.0. The van der Waals surface area contributed by atoms with Crippen molar-refractivity contribution in [1.82, 2.24) is 20.4 Å². The van der Waals surface area contributed by atoms with Crippen LogP contribution in [0.5, 0.6) is 0 Å². The molecule has 34 heavy (non-hydrogen) atoms. The molecule has 1 heterocycles. The molecule has 3 aromatic carbocycles. The Bertz CT molecular complexity index is 1370. The van der Waals surface area contributed by atoms with Crippen LogP contribution in [0.4, 0.5) is 4.39 Å². The Morgan fingerprint density at radius 1 is 0.971 bits per heavy atom. The highest BCUT2D eigenvalue weighted by Gasteiger charge is 2.16. The predicted octanol–water partition coefficient (Wildman–Crippen LogP) is 4.25. The molecule has 4 rings (SSSR count). The zero-order valence-corrected chi connectivity index (χ0v) is 19.0. The summed E-state index contributed by atoms with van der Waals surface area (Å²) in [5.41, 5.74) is 3.85. The molecule has 1 atom stereocenters. The number of amides is 1. The molecule has 1 amide bonds. The van der Waals surface area contributed by atoms with Gasteiger partial charge in [-0.05, 0) is 54.4 Å². The van der Waals surface area contributed by atoms with Crippen LogP contribution in [0.2, 0.25) is 0 Å². The third kappa shape index (κ3) is 4.94. The summed E-state index contributed by atoms with van der Waals surface area (Å²) in [5.74, 6) is -1.06. The number of carbonyl (C=O) groups excluding carboxylic acids is 1. The van der Waals surface area contributed by atoms with Crippen LogP contribution in [0.1, 0.15) is 34.6 Å². The van der Waals surface area contributed by atoms with E-state index in [-0.39, 0.29) is 17.4 Å². The van der Waals surface area contributed by atoms with E-state index in [9.17, 15) is 14.0 Å². The molecule has 0 radical (unpaired) electrons. The molecular formula is C27H25FN4O2. The molecular weight excluding hydrogens is 431 g/mol. The van der Waals surface area contributed by atoms with Crippen LogP contribution in [0.3, 0.4) is 0 Å². The average molecular weight is 457 g/mol. The van der Waals surface area contributed by atoms with Gasteiger partial charge in [0.25, 0.3) is 11.5 Å². The lowest BCUT2D eigenvalue weighted by Gasteiger charge is -2.16. The predicted molar refractivity (Wildman–Crippen MR) is 130 cm³/mol. The lowest BCUT2D eigenvalue weighted by Crippen LogP contribution is -2.30. The molecule has 4 aromatic rings. The van der Waals surface area contributed by atoms with E-state index < -0.39 is 17.3 Å². The molecule has 0 aliphatic carbocycles. The van der Waals surface area contributed by atoms with Crippen LogP contribution in [0.15, 0.2) is 89.7 Å². The van der Waals surface area contributed by atoms with Crippen LogP contribution in [-0.2, 0) is 6.54 Å². The second kappa shape index (κ2) is 10.2. The SMILES string of the molecule is CNCc1ccccc1-c1ccc([C@@H](C)NC(=O)c2ccc(=O)n(-c3ccccc3F)n2)cc1. The number of benzene rings is 3. The second-order valence-electron chi connectivity index (χ2n) is 7.92. The fourth-order valence-electron chi connectivity index (χ4n) is 3.78. The van der Waals surface area contributed by atoms with Crippen molar-refractivity contribution < 1.29 is 9.18 Å². The number of hydrogen-bond acceptors (Lipinski definition) is 4. The van der Waals surface area contributed by atoms with Gasteiger partial charge in [-0.15, -0.1) is 0 Å². The third-order valence-electron chi connectivity index (χ3n) is 5.57. The summed E-state index contributed by atoms with van der Waals surface area (Å²) in [6, 6.07) is 24.3. The van der Waals surface area contributed by atoms with Crippen molar-refractivity contribution in [2.24, 2.45) is 0 Å². The Labute approximate surface area is 197 Å². The van der Waals surface area contributed by atoms with E-state index in [0.29, 0.717) is 0 Å². The molecule has 0 saturated heterocycles. The maximum atomic E-state index is 14.1. The van der Waals surface area contributed by atoms with E-state index >= 15 is 0 Å². The largest absolute Gasteiger partial charge is 0.344 e. The molecule has 172 valence electrons.